The van der Waals surface area contributed by atoms with E-state index in [1.807, 2.05) is 0 Å². The van der Waals surface area contributed by atoms with E-state index < -0.39 is 6.04 Å². The zero-order valence-corrected chi connectivity index (χ0v) is 13.0. The summed E-state index contributed by atoms with van der Waals surface area (Å²) in [6.45, 7) is 0. The number of nitrogens with two attached hydrogens (primary N) is 1. The number of rotatable bonds is 3. The molecule has 0 aliphatic rings. The minimum atomic E-state index is -0.522. The summed E-state index contributed by atoms with van der Waals surface area (Å²) in [4.78, 5) is 0. The van der Waals surface area contributed by atoms with E-state index >= 15 is 0 Å². The van der Waals surface area contributed by atoms with Gasteiger partial charge in [-0.2, -0.15) is 0 Å². The first-order valence-corrected chi connectivity index (χ1v) is 7.20. The predicted molar refractivity (Wildman–Crippen MR) is 78.8 cm³/mol. The van der Waals surface area contributed by atoms with Gasteiger partial charge in [0.1, 0.15) is 11.6 Å². The van der Waals surface area contributed by atoms with Crippen LogP contribution in [0.4, 0.5) is 8.78 Å². The first-order valence-electron chi connectivity index (χ1n) is 5.62. The van der Waals surface area contributed by atoms with E-state index in [-0.39, 0.29) is 11.6 Å². The van der Waals surface area contributed by atoms with Crippen molar-refractivity contribution < 1.29 is 8.78 Å². The van der Waals surface area contributed by atoms with Crippen molar-refractivity contribution in [2.24, 2.45) is 5.73 Å². The van der Waals surface area contributed by atoms with Gasteiger partial charge in [-0.1, -0.05) is 28.1 Å². The highest BCUT2D eigenvalue weighted by atomic mass is 79.9. The summed E-state index contributed by atoms with van der Waals surface area (Å²) in [6, 6.07) is 9.01. The number of hydrogen-bond donors (Lipinski definition) is 1. The first-order chi connectivity index (χ1) is 8.97. The highest BCUT2D eigenvalue weighted by Crippen LogP contribution is 2.25. The van der Waals surface area contributed by atoms with Crippen LogP contribution in [0.3, 0.4) is 0 Å². The molecule has 1 nitrogen and oxygen atoms in total. The van der Waals surface area contributed by atoms with Gasteiger partial charge < -0.3 is 5.73 Å². The largest absolute Gasteiger partial charge is 0.324 e. The van der Waals surface area contributed by atoms with Crippen molar-refractivity contribution in [1.82, 2.24) is 0 Å². The zero-order valence-electron chi connectivity index (χ0n) is 9.84. The lowest BCUT2D eigenvalue weighted by Crippen LogP contribution is -2.15. The molecule has 0 saturated carbocycles. The van der Waals surface area contributed by atoms with Gasteiger partial charge in [0, 0.05) is 16.1 Å². The van der Waals surface area contributed by atoms with E-state index in [1.165, 1.54) is 12.1 Å². The van der Waals surface area contributed by atoms with Crippen molar-refractivity contribution in [3.05, 3.63) is 68.1 Å². The molecule has 100 valence electrons. The Labute approximate surface area is 127 Å². The Bertz CT molecular complexity index is 582. The summed E-state index contributed by atoms with van der Waals surface area (Å²) < 4.78 is 28.2. The maximum atomic E-state index is 13.9. The Hall–Kier alpha value is -0.780. The van der Waals surface area contributed by atoms with E-state index in [1.54, 1.807) is 24.3 Å². The summed E-state index contributed by atoms with van der Waals surface area (Å²) in [6.07, 6.45) is 0.365. The van der Waals surface area contributed by atoms with Crippen LogP contribution in [0.5, 0.6) is 0 Å². The molecule has 0 bridgehead atoms. The monoisotopic (exact) mass is 389 g/mol. The van der Waals surface area contributed by atoms with Gasteiger partial charge in [0.15, 0.2) is 0 Å². The maximum Gasteiger partial charge on any atom is 0.142 e. The average molecular weight is 391 g/mol. The average Bonchev–Trinajstić information content (AvgIpc) is 2.31. The standard InChI is InChI=1S/C14H11Br2F2N/c15-9-4-8(5-10(17)7-9)6-13(19)11-2-1-3-12(16)14(11)18/h1-5,7,13H,6,19H2. The van der Waals surface area contributed by atoms with Gasteiger partial charge in [0.2, 0.25) is 0 Å². The predicted octanol–water partition coefficient (Wildman–Crippen LogP) is 4.73. The molecule has 0 aliphatic carbocycles. The molecule has 2 rings (SSSR count). The van der Waals surface area contributed by atoms with Crippen LogP contribution in [0.2, 0.25) is 0 Å². The third-order valence-electron chi connectivity index (χ3n) is 2.76. The zero-order chi connectivity index (χ0) is 14.0. The molecule has 19 heavy (non-hydrogen) atoms. The van der Waals surface area contributed by atoms with Gasteiger partial charge in [-0.15, -0.1) is 0 Å². The van der Waals surface area contributed by atoms with Crippen LogP contribution in [0.25, 0.3) is 0 Å². The molecule has 5 heteroatoms. The molecule has 0 radical (unpaired) electrons. The summed E-state index contributed by atoms with van der Waals surface area (Å²) >= 11 is 6.35. The lowest BCUT2D eigenvalue weighted by Gasteiger charge is -2.14. The first kappa shape index (κ1) is 14.6. The molecule has 2 N–H and O–H groups in total. The molecule has 2 aromatic carbocycles. The molecule has 1 atom stereocenters. The third-order valence-corrected chi connectivity index (χ3v) is 3.83. The van der Waals surface area contributed by atoms with E-state index in [9.17, 15) is 8.78 Å². The van der Waals surface area contributed by atoms with Crippen molar-refractivity contribution in [2.75, 3.05) is 0 Å². The van der Waals surface area contributed by atoms with Crippen molar-refractivity contribution in [1.29, 1.82) is 0 Å². The van der Waals surface area contributed by atoms with E-state index in [0.29, 0.717) is 20.9 Å². The maximum absolute atomic E-state index is 13.9. The topological polar surface area (TPSA) is 26.0 Å². The second-order valence-corrected chi connectivity index (χ2v) is 6.00. The van der Waals surface area contributed by atoms with Crippen LogP contribution in [0.15, 0.2) is 45.3 Å². The fraction of sp³-hybridized carbons (Fsp3) is 0.143. The molecule has 0 spiro atoms. The molecule has 0 fully saturated rings. The molecule has 1 unspecified atom stereocenters. The minimum Gasteiger partial charge on any atom is -0.324 e. The summed E-state index contributed by atoms with van der Waals surface area (Å²) in [5.74, 6) is -0.711. The Kier molecular flexibility index (Phi) is 4.71. The Morgan fingerprint density at radius 1 is 1.11 bits per heavy atom. The summed E-state index contributed by atoms with van der Waals surface area (Å²) in [7, 11) is 0. The third kappa shape index (κ3) is 3.61. The molecular formula is C14H11Br2F2N. The highest BCUT2D eigenvalue weighted by molar-refractivity contribution is 9.10. The fourth-order valence-electron chi connectivity index (χ4n) is 1.90. The van der Waals surface area contributed by atoms with Gasteiger partial charge >= 0.3 is 0 Å². The fourth-order valence-corrected chi connectivity index (χ4v) is 2.79. The van der Waals surface area contributed by atoms with Crippen molar-refractivity contribution in [2.45, 2.75) is 12.5 Å². The van der Waals surface area contributed by atoms with E-state index in [4.69, 9.17) is 5.73 Å². The van der Waals surface area contributed by atoms with Gasteiger partial charge in [-0.05, 0) is 52.2 Å². The summed E-state index contributed by atoms with van der Waals surface area (Å²) in [5.41, 5.74) is 7.13. The molecule has 0 aliphatic heterocycles. The van der Waals surface area contributed by atoms with E-state index in [2.05, 4.69) is 31.9 Å². The smallest absolute Gasteiger partial charge is 0.142 e. The highest BCUT2D eigenvalue weighted by Gasteiger charge is 2.14. The van der Waals surface area contributed by atoms with Gasteiger partial charge in [0.25, 0.3) is 0 Å². The van der Waals surface area contributed by atoms with Crippen molar-refractivity contribution >= 4 is 31.9 Å². The van der Waals surface area contributed by atoms with Crippen molar-refractivity contribution in [3.8, 4) is 0 Å². The Morgan fingerprint density at radius 2 is 1.84 bits per heavy atom. The van der Waals surface area contributed by atoms with Crippen LogP contribution < -0.4 is 5.73 Å². The van der Waals surface area contributed by atoms with Gasteiger partial charge in [0.05, 0.1) is 4.47 Å². The second kappa shape index (κ2) is 6.11. The van der Waals surface area contributed by atoms with Crippen molar-refractivity contribution in [3.63, 3.8) is 0 Å². The van der Waals surface area contributed by atoms with Crippen LogP contribution in [0.1, 0.15) is 17.2 Å². The van der Waals surface area contributed by atoms with E-state index in [0.717, 1.165) is 5.56 Å². The normalized spacial score (nSPS) is 12.5. The summed E-state index contributed by atoms with van der Waals surface area (Å²) in [5, 5.41) is 0. The minimum absolute atomic E-state index is 0.341. The molecule has 0 aromatic heterocycles. The molecular weight excluding hydrogens is 380 g/mol. The van der Waals surface area contributed by atoms with Crippen LogP contribution in [-0.4, -0.2) is 0 Å². The number of halogens is 4. The number of hydrogen-bond acceptors (Lipinski definition) is 1. The lowest BCUT2D eigenvalue weighted by atomic mass is 9.99. The number of benzene rings is 2. The van der Waals surface area contributed by atoms with Crippen LogP contribution in [0, 0.1) is 11.6 Å². The van der Waals surface area contributed by atoms with Crippen LogP contribution >= 0.6 is 31.9 Å². The molecule has 0 amide bonds. The SMILES string of the molecule is NC(Cc1cc(F)cc(Br)c1)c1cccc(Br)c1F. The molecule has 2 aromatic rings. The Balaban J connectivity index is 2.25. The second-order valence-electron chi connectivity index (χ2n) is 4.23. The molecule has 0 saturated heterocycles. The Morgan fingerprint density at radius 3 is 2.53 bits per heavy atom. The van der Waals surface area contributed by atoms with Crippen LogP contribution in [-0.2, 0) is 6.42 Å². The lowest BCUT2D eigenvalue weighted by molar-refractivity contribution is 0.573. The quantitative estimate of drug-likeness (QED) is 0.805. The van der Waals surface area contributed by atoms with Gasteiger partial charge in [-0.3, -0.25) is 0 Å². The molecule has 0 heterocycles. The van der Waals surface area contributed by atoms with Gasteiger partial charge in [-0.25, -0.2) is 8.78 Å².